The molecule has 2 amide bonds. The molecule has 3 aliphatic rings. The Morgan fingerprint density at radius 2 is 2.03 bits per heavy atom. The van der Waals surface area contributed by atoms with Crippen molar-refractivity contribution < 1.29 is 18.5 Å². The van der Waals surface area contributed by atoms with Gasteiger partial charge in [-0.15, -0.1) is 0 Å². The zero-order chi connectivity index (χ0) is 20.9. The SMILES string of the molecule is CC1(C(=O)N2CCc3noc(-c4ccc(F)cc4)c3C2)CC(=O)N=C2C=CC=CN21. The van der Waals surface area contributed by atoms with Gasteiger partial charge in [0.25, 0.3) is 5.91 Å². The quantitative estimate of drug-likeness (QED) is 0.766. The molecular formula is C22H19FN4O3. The van der Waals surface area contributed by atoms with Gasteiger partial charge in [-0.3, -0.25) is 9.59 Å². The number of halogens is 1. The standard InChI is InChI=1S/C22H19FN4O3/c1-22(12-19(28)24-18-4-2-3-10-27(18)22)21(29)26-11-9-17-16(13-26)20(30-25-17)14-5-7-15(23)8-6-14/h2-8,10H,9,11-13H2,1H3. The monoisotopic (exact) mass is 406 g/mol. The Bertz CT molecular complexity index is 1130. The van der Waals surface area contributed by atoms with Crippen LogP contribution in [0.5, 0.6) is 0 Å². The van der Waals surface area contributed by atoms with Gasteiger partial charge >= 0.3 is 0 Å². The Labute approximate surface area is 172 Å². The van der Waals surface area contributed by atoms with Crippen LogP contribution in [-0.2, 0) is 22.6 Å². The van der Waals surface area contributed by atoms with E-state index >= 15 is 0 Å². The predicted molar refractivity (Wildman–Crippen MR) is 107 cm³/mol. The van der Waals surface area contributed by atoms with Gasteiger partial charge in [-0.25, -0.2) is 4.39 Å². The number of amidine groups is 1. The molecule has 0 aliphatic carbocycles. The molecule has 0 saturated carbocycles. The van der Waals surface area contributed by atoms with E-state index in [1.165, 1.54) is 12.1 Å². The van der Waals surface area contributed by atoms with Gasteiger partial charge in [0.15, 0.2) is 5.76 Å². The Morgan fingerprint density at radius 1 is 1.23 bits per heavy atom. The number of carbonyl (C=O) groups excluding carboxylic acids is 2. The second-order valence-electron chi connectivity index (χ2n) is 7.81. The van der Waals surface area contributed by atoms with Crippen LogP contribution in [0, 0.1) is 5.82 Å². The Balaban J connectivity index is 1.45. The summed E-state index contributed by atoms with van der Waals surface area (Å²) in [5, 5.41) is 4.15. The van der Waals surface area contributed by atoms with Crippen LogP contribution in [0.2, 0.25) is 0 Å². The molecule has 1 aromatic heterocycles. The molecule has 1 unspecified atom stereocenters. The van der Waals surface area contributed by atoms with Crippen LogP contribution >= 0.6 is 0 Å². The average Bonchev–Trinajstić information content (AvgIpc) is 3.17. The van der Waals surface area contributed by atoms with Crippen LogP contribution < -0.4 is 0 Å². The number of benzene rings is 1. The zero-order valence-electron chi connectivity index (χ0n) is 16.3. The van der Waals surface area contributed by atoms with Crippen molar-refractivity contribution in [3.63, 3.8) is 0 Å². The van der Waals surface area contributed by atoms with E-state index in [0.717, 1.165) is 11.3 Å². The summed E-state index contributed by atoms with van der Waals surface area (Å²) in [6, 6.07) is 5.99. The highest BCUT2D eigenvalue weighted by Crippen LogP contribution is 2.34. The van der Waals surface area contributed by atoms with Crippen molar-refractivity contribution in [2.45, 2.75) is 31.8 Å². The topological polar surface area (TPSA) is 79.0 Å². The van der Waals surface area contributed by atoms with Gasteiger partial charge in [0, 0.05) is 30.3 Å². The second-order valence-corrected chi connectivity index (χ2v) is 7.81. The summed E-state index contributed by atoms with van der Waals surface area (Å²) in [6.07, 6.45) is 7.67. The Hall–Kier alpha value is -3.55. The predicted octanol–water partition coefficient (Wildman–Crippen LogP) is 2.84. The maximum Gasteiger partial charge on any atom is 0.250 e. The highest BCUT2D eigenvalue weighted by molar-refractivity contribution is 6.09. The van der Waals surface area contributed by atoms with E-state index in [0.29, 0.717) is 36.7 Å². The van der Waals surface area contributed by atoms with Gasteiger partial charge in [0.1, 0.15) is 17.2 Å². The van der Waals surface area contributed by atoms with Crippen LogP contribution in [0.25, 0.3) is 11.3 Å². The second kappa shape index (κ2) is 6.76. The fourth-order valence-corrected chi connectivity index (χ4v) is 4.22. The summed E-state index contributed by atoms with van der Waals surface area (Å²) in [7, 11) is 0. The number of aromatic nitrogens is 1. The van der Waals surface area contributed by atoms with E-state index in [-0.39, 0.29) is 24.1 Å². The van der Waals surface area contributed by atoms with Gasteiger partial charge in [-0.05, 0) is 43.3 Å². The molecule has 0 bridgehead atoms. The van der Waals surface area contributed by atoms with Crippen molar-refractivity contribution in [1.82, 2.24) is 15.0 Å². The van der Waals surface area contributed by atoms with Gasteiger partial charge in [0.05, 0.1) is 18.7 Å². The van der Waals surface area contributed by atoms with E-state index in [9.17, 15) is 14.0 Å². The van der Waals surface area contributed by atoms with Crippen molar-refractivity contribution in [3.8, 4) is 11.3 Å². The van der Waals surface area contributed by atoms with E-state index in [1.807, 2.05) is 6.08 Å². The van der Waals surface area contributed by atoms with E-state index in [4.69, 9.17) is 4.52 Å². The number of nitrogens with zero attached hydrogens (tertiary/aromatic N) is 4. The summed E-state index contributed by atoms with van der Waals surface area (Å²) in [4.78, 5) is 33.4. The summed E-state index contributed by atoms with van der Waals surface area (Å²) < 4.78 is 18.8. The third-order valence-electron chi connectivity index (χ3n) is 5.80. The Morgan fingerprint density at radius 3 is 2.83 bits per heavy atom. The zero-order valence-corrected chi connectivity index (χ0v) is 16.3. The van der Waals surface area contributed by atoms with Gasteiger partial charge in [0.2, 0.25) is 5.91 Å². The van der Waals surface area contributed by atoms with E-state index in [1.54, 1.807) is 47.2 Å². The molecule has 0 N–H and O–H groups in total. The number of allylic oxidation sites excluding steroid dienone is 2. The summed E-state index contributed by atoms with van der Waals surface area (Å²) in [6.45, 7) is 2.56. The van der Waals surface area contributed by atoms with Crippen molar-refractivity contribution >= 4 is 17.6 Å². The molecule has 1 atom stereocenters. The van der Waals surface area contributed by atoms with Crippen LogP contribution in [0.1, 0.15) is 24.6 Å². The smallest absolute Gasteiger partial charge is 0.250 e. The molecule has 1 aromatic carbocycles. The van der Waals surface area contributed by atoms with Crippen LogP contribution in [0.3, 0.4) is 0 Å². The van der Waals surface area contributed by atoms with Gasteiger partial charge < -0.3 is 14.3 Å². The molecule has 5 rings (SSSR count). The average molecular weight is 406 g/mol. The highest BCUT2D eigenvalue weighted by atomic mass is 19.1. The van der Waals surface area contributed by atoms with Crippen LogP contribution in [0.4, 0.5) is 4.39 Å². The largest absolute Gasteiger partial charge is 0.356 e. The molecule has 8 heteroatoms. The lowest BCUT2D eigenvalue weighted by Gasteiger charge is -2.44. The first-order valence-corrected chi connectivity index (χ1v) is 9.74. The fourth-order valence-electron chi connectivity index (χ4n) is 4.22. The first-order valence-electron chi connectivity index (χ1n) is 9.74. The lowest BCUT2D eigenvalue weighted by atomic mass is 9.89. The minimum Gasteiger partial charge on any atom is -0.356 e. The lowest BCUT2D eigenvalue weighted by molar-refractivity contribution is -0.144. The molecule has 4 heterocycles. The van der Waals surface area contributed by atoms with Crippen molar-refractivity contribution in [2.75, 3.05) is 6.54 Å². The molecule has 7 nitrogen and oxygen atoms in total. The minimum absolute atomic E-state index is 0.00528. The number of fused-ring (bicyclic) bond motifs is 2. The normalized spacial score (nSPS) is 22.6. The lowest BCUT2D eigenvalue weighted by Crippen LogP contribution is -2.61. The first-order chi connectivity index (χ1) is 14.5. The summed E-state index contributed by atoms with van der Waals surface area (Å²) >= 11 is 0. The minimum atomic E-state index is -1.06. The molecule has 0 radical (unpaired) electrons. The van der Waals surface area contributed by atoms with Crippen molar-refractivity contribution in [1.29, 1.82) is 0 Å². The number of amides is 2. The summed E-state index contributed by atoms with van der Waals surface area (Å²) in [5.74, 6) is 0.210. The number of hydrogen-bond donors (Lipinski definition) is 0. The molecular weight excluding hydrogens is 387 g/mol. The van der Waals surface area contributed by atoms with Crippen LogP contribution in [0.15, 0.2) is 58.2 Å². The maximum absolute atomic E-state index is 13.6. The number of rotatable bonds is 2. The molecule has 0 spiro atoms. The molecule has 0 fully saturated rings. The third kappa shape index (κ3) is 2.87. The fraction of sp³-hybridized carbons (Fsp3) is 0.273. The number of carbonyl (C=O) groups is 2. The number of hydrogen-bond acceptors (Lipinski definition) is 5. The van der Waals surface area contributed by atoms with Gasteiger partial charge in [-0.1, -0.05) is 11.2 Å². The summed E-state index contributed by atoms with van der Waals surface area (Å²) in [5.41, 5.74) is 1.26. The van der Waals surface area contributed by atoms with Crippen molar-refractivity contribution in [2.24, 2.45) is 4.99 Å². The van der Waals surface area contributed by atoms with Crippen molar-refractivity contribution in [3.05, 3.63) is 65.8 Å². The third-order valence-corrected chi connectivity index (χ3v) is 5.80. The number of aliphatic imine (C=N–C) groups is 1. The molecule has 2 aromatic rings. The molecule has 3 aliphatic heterocycles. The maximum atomic E-state index is 13.6. The van der Waals surface area contributed by atoms with Gasteiger partial charge in [-0.2, -0.15) is 4.99 Å². The molecule has 152 valence electrons. The Kier molecular flexibility index (Phi) is 4.16. The molecule has 30 heavy (non-hydrogen) atoms. The molecule has 0 saturated heterocycles. The van der Waals surface area contributed by atoms with E-state index in [2.05, 4.69) is 10.1 Å². The highest BCUT2D eigenvalue weighted by Gasteiger charge is 2.47. The van der Waals surface area contributed by atoms with E-state index < -0.39 is 5.54 Å². The van der Waals surface area contributed by atoms with Crippen LogP contribution in [-0.4, -0.2) is 44.7 Å². The first kappa shape index (κ1) is 18.5.